The summed E-state index contributed by atoms with van der Waals surface area (Å²) in [6, 6.07) is 11.4. The van der Waals surface area contributed by atoms with Crippen molar-refractivity contribution in [2.24, 2.45) is 0 Å². The molecule has 0 atom stereocenters. The van der Waals surface area contributed by atoms with Gasteiger partial charge in [0, 0.05) is 24.0 Å². The second-order valence-electron chi connectivity index (χ2n) is 4.81. The number of nitrogens with zero attached hydrogens (tertiary/aromatic N) is 3. The molecule has 116 valence electrons. The van der Waals surface area contributed by atoms with Gasteiger partial charge in [-0.15, -0.1) is 0 Å². The van der Waals surface area contributed by atoms with Crippen LogP contribution in [0, 0.1) is 0 Å². The summed E-state index contributed by atoms with van der Waals surface area (Å²) in [6.07, 6.45) is 7.03. The molecule has 0 saturated heterocycles. The molecule has 3 rings (SSSR count). The number of hydrogen-bond acceptors (Lipinski definition) is 3. The lowest BCUT2D eigenvalue weighted by atomic mass is 10.2. The van der Waals surface area contributed by atoms with Crippen LogP contribution in [-0.2, 0) is 6.54 Å². The second kappa shape index (κ2) is 7.21. The van der Waals surface area contributed by atoms with E-state index in [1.54, 1.807) is 23.3 Å². The van der Waals surface area contributed by atoms with Crippen molar-refractivity contribution in [3.8, 4) is 5.69 Å². The highest BCUT2D eigenvalue weighted by molar-refractivity contribution is 7.80. The van der Waals surface area contributed by atoms with E-state index in [-0.39, 0.29) is 0 Å². The Morgan fingerprint density at radius 3 is 2.61 bits per heavy atom. The van der Waals surface area contributed by atoms with E-state index in [2.05, 4.69) is 20.7 Å². The molecular formula is C16H14ClN5S. The van der Waals surface area contributed by atoms with Gasteiger partial charge in [-0.3, -0.25) is 4.98 Å². The molecule has 2 N–H and O–H groups in total. The molecule has 7 heteroatoms. The maximum Gasteiger partial charge on any atom is 0.171 e. The predicted octanol–water partition coefficient (Wildman–Crippen LogP) is 3.41. The van der Waals surface area contributed by atoms with Crippen LogP contribution in [0.2, 0.25) is 5.02 Å². The standard InChI is InChI=1S/C16H14ClN5S/c17-13-3-1-12(2-4-13)9-19-16(23)21-14-10-20-22(11-14)15-5-7-18-8-6-15/h1-8,10-11H,9H2,(H2,19,21,23). The van der Waals surface area contributed by atoms with Crippen LogP contribution < -0.4 is 10.6 Å². The molecule has 0 aliphatic carbocycles. The summed E-state index contributed by atoms with van der Waals surface area (Å²) in [5, 5.41) is 11.8. The van der Waals surface area contributed by atoms with E-state index in [1.165, 1.54) is 0 Å². The fourth-order valence-electron chi connectivity index (χ4n) is 1.99. The summed E-state index contributed by atoms with van der Waals surface area (Å²) < 4.78 is 1.76. The lowest BCUT2D eigenvalue weighted by Crippen LogP contribution is -2.27. The number of halogens is 1. The minimum Gasteiger partial charge on any atom is -0.358 e. The Bertz CT molecular complexity index is 786. The molecule has 5 nitrogen and oxygen atoms in total. The van der Waals surface area contributed by atoms with Crippen LogP contribution in [0.15, 0.2) is 61.2 Å². The molecule has 2 aromatic heterocycles. The fraction of sp³-hybridized carbons (Fsp3) is 0.0625. The molecule has 0 bridgehead atoms. The summed E-state index contributed by atoms with van der Waals surface area (Å²) in [4.78, 5) is 3.99. The number of anilines is 1. The van der Waals surface area contributed by atoms with Gasteiger partial charge < -0.3 is 10.6 Å². The highest BCUT2D eigenvalue weighted by Crippen LogP contribution is 2.11. The van der Waals surface area contributed by atoms with Crippen LogP contribution in [-0.4, -0.2) is 19.9 Å². The highest BCUT2D eigenvalue weighted by atomic mass is 35.5. The molecular weight excluding hydrogens is 330 g/mol. The van der Waals surface area contributed by atoms with Gasteiger partial charge in [-0.05, 0) is 42.0 Å². The third kappa shape index (κ3) is 4.28. The summed E-state index contributed by atoms with van der Waals surface area (Å²) in [5.41, 5.74) is 2.86. The number of benzene rings is 1. The van der Waals surface area contributed by atoms with E-state index in [9.17, 15) is 0 Å². The van der Waals surface area contributed by atoms with Crippen LogP contribution in [0.1, 0.15) is 5.56 Å². The first kappa shape index (κ1) is 15.5. The monoisotopic (exact) mass is 343 g/mol. The van der Waals surface area contributed by atoms with Crippen LogP contribution in [0.3, 0.4) is 0 Å². The van der Waals surface area contributed by atoms with E-state index in [0.717, 1.165) is 22.0 Å². The average Bonchev–Trinajstić information content (AvgIpc) is 3.04. The Balaban J connectivity index is 1.56. The topological polar surface area (TPSA) is 54.8 Å². The van der Waals surface area contributed by atoms with E-state index in [1.807, 2.05) is 42.6 Å². The first-order valence-corrected chi connectivity index (χ1v) is 7.74. The van der Waals surface area contributed by atoms with Crippen molar-refractivity contribution in [3.63, 3.8) is 0 Å². The molecule has 0 radical (unpaired) electrons. The molecule has 3 aromatic rings. The summed E-state index contributed by atoms with van der Waals surface area (Å²) >= 11 is 11.2. The molecule has 1 aromatic carbocycles. The van der Waals surface area contributed by atoms with Gasteiger partial charge in [0.05, 0.1) is 23.8 Å². The van der Waals surface area contributed by atoms with Gasteiger partial charge in [-0.2, -0.15) is 5.10 Å². The van der Waals surface area contributed by atoms with Crippen molar-refractivity contribution in [1.29, 1.82) is 0 Å². The average molecular weight is 344 g/mol. The van der Waals surface area contributed by atoms with Crippen molar-refractivity contribution in [2.45, 2.75) is 6.54 Å². The zero-order valence-electron chi connectivity index (χ0n) is 12.1. The Hall–Kier alpha value is -2.44. The van der Waals surface area contributed by atoms with Gasteiger partial charge in [0.15, 0.2) is 5.11 Å². The van der Waals surface area contributed by atoms with E-state index in [0.29, 0.717) is 11.7 Å². The van der Waals surface area contributed by atoms with E-state index >= 15 is 0 Å². The molecule has 0 amide bonds. The lowest BCUT2D eigenvalue weighted by molar-refractivity contribution is 0.878. The molecule has 0 fully saturated rings. The predicted molar refractivity (Wildman–Crippen MR) is 95.9 cm³/mol. The minimum absolute atomic E-state index is 0.536. The second-order valence-corrected chi connectivity index (χ2v) is 5.66. The Morgan fingerprint density at radius 1 is 1.13 bits per heavy atom. The van der Waals surface area contributed by atoms with Crippen LogP contribution in [0.25, 0.3) is 5.69 Å². The van der Waals surface area contributed by atoms with Gasteiger partial charge in [0.2, 0.25) is 0 Å². The minimum atomic E-state index is 0.536. The number of aromatic nitrogens is 3. The summed E-state index contributed by atoms with van der Waals surface area (Å²) in [5.74, 6) is 0. The zero-order chi connectivity index (χ0) is 16.1. The summed E-state index contributed by atoms with van der Waals surface area (Å²) in [6.45, 7) is 0.626. The van der Waals surface area contributed by atoms with Crippen LogP contribution in [0.5, 0.6) is 0 Å². The maximum absolute atomic E-state index is 5.86. The number of thiocarbonyl (C=S) groups is 1. The maximum atomic E-state index is 5.86. The third-order valence-electron chi connectivity index (χ3n) is 3.13. The van der Waals surface area contributed by atoms with Crippen LogP contribution >= 0.6 is 23.8 Å². The van der Waals surface area contributed by atoms with Gasteiger partial charge in [-0.1, -0.05) is 23.7 Å². The lowest BCUT2D eigenvalue weighted by Gasteiger charge is -2.09. The first-order valence-electron chi connectivity index (χ1n) is 6.95. The highest BCUT2D eigenvalue weighted by Gasteiger charge is 2.03. The molecule has 0 spiro atoms. The molecule has 0 unspecified atom stereocenters. The largest absolute Gasteiger partial charge is 0.358 e. The molecule has 0 aliphatic heterocycles. The normalized spacial score (nSPS) is 10.3. The SMILES string of the molecule is S=C(NCc1ccc(Cl)cc1)Nc1cnn(-c2ccncc2)c1. The smallest absolute Gasteiger partial charge is 0.171 e. The van der Waals surface area contributed by atoms with E-state index < -0.39 is 0 Å². The van der Waals surface area contributed by atoms with E-state index in [4.69, 9.17) is 23.8 Å². The Labute approximate surface area is 144 Å². The van der Waals surface area contributed by atoms with Crippen molar-refractivity contribution in [3.05, 3.63) is 71.8 Å². The summed E-state index contributed by atoms with van der Waals surface area (Å²) in [7, 11) is 0. The number of hydrogen-bond donors (Lipinski definition) is 2. The molecule has 2 heterocycles. The quantitative estimate of drug-likeness (QED) is 0.711. The first-order chi connectivity index (χ1) is 11.2. The van der Waals surface area contributed by atoms with Gasteiger partial charge in [-0.25, -0.2) is 4.68 Å². The van der Waals surface area contributed by atoms with Crippen LogP contribution in [0.4, 0.5) is 5.69 Å². The molecule has 23 heavy (non-hydrogen) atoms. The number of nitrogens with one attached hydrogen (secondary N) is 2. The van der Waals surface area contributed by atoms with Crippen molar-refractivity contribution in [1.82, 2.24) is 20.1 Å². The third-order valence-corrected chi connectivity index (χ3v) is 3.63. The van der Waals surface area contributed by atoms with Gasteiger partial charge in [0.1, 0.15) is 0 Å². The Morgan fingerprint density at radius 2 is 1.87 bits per heavy atom. The Kier molecular flexibility index (Phi) is 4.85. The number of rotatable bonds is 4. The van der Waals surface area contributed by atoms with Crippen molar-refractivity contribution >= 4 is 34.6 Å². The zero-order valence-corrected chi connectivity index (χ0v) is 13.7. The van der Waals surface area contributed by atoms with Gasteiger partial charge >= 0.3 is 0 Å². The van der Waals surface area contributed by atoms with Gasteiger partial charge in [0.25, 0.3) is 0 Å². The fourth-order valence-corrected chi connectivity index (χ4v) is 2.30. The van der Waals surface area contributed by atoms with Crippen molar-refractivity contribution < 1.29 is 0 Å². The number of pyridine rings is 1. The molecule has 0 aliphatic rings. The van der Waals surface area contributed by atoms with Crippen molar-refractivity contribution in [2.75, 3.05) is 5.32 Å². The molecule has 0 saturated carbocycles.